The average molecular weight is 257 g/mol. The van der Waals surface area contributed by atoms with Crippen LogP contribution < -0.4 is 0 Å². The van der Waals surface area contributed by atoms with Gasteiger partial charge in [-0.1, -0.05) is 44.0 Å². The monoisotopic (exact) mass is 257 g/mol. The summed E-state index contributed by atoms with van der Waals surface area (Å²) in [6.45, 7) is 10.9. The molecule has 0 aromatic heterocycles. The fourth-order valence-corrected chi connectivity index (χ4v) is 2.24. The average Bonchev–Trinajstić information content (AvgIpc) is 2.39. The highest BCUT2D eigenvalue weighted by molar-refractivity contribution is 6.58. The largest absolute Gasteiger partial charge is 0.273 e. The lowest BCUT2D eigenvalue weighted by molar-refractivity contribution is -0.539. The molecule has 0 spiro atoms. The number of nitrogens with zero attached hydrogens (tertiary/aromatic N) is 2. The molecule has 1 rings (SSSR count). The molecule has 0 aromatic carbocycles. The Labute approximate surface area is 119 Å². The molecule has 0 fully saturated rings. The molecular weight excluding hydrogens is 231 g/mol. The predicted octanol–water partition coefficient (Wildman–Crippen LogP) is 3.18. The first-order valence-electron chi connectivity index (χ1n) is 7.11. The van der Waals surface area contributed by atoms with Crippen LogP contribution in [0.1, 0.15) is 41.0 Å². The van der Waals surface area contributed by atoms with Gasteiger partial charge in [0.05, 0.1) is 13.0 Å². The van der Waals surface area contributed by atoms with Crippen molar-refractivity contribution < 1.29 is 4.58 Å². The molecule has 0 bridgehead atoms. The van der Waals surface area contributed by atoms with Crippen LogP contribution in [0, 0.1) is 11.3 Å². The Morgan fingerprint density at radius 2 is 2.00 bits per heavy atom. The third kappa shape index (κ3) is 3.68. The van der Waals surface area contributed by atoms with E-state index in [0.29, 0.717) is 17.7 Å². The van der Waals surface area contributed by atoms with Gasteiger partial charge in [0.2, 0.25) is 13.6 Å². The molecule has 3 heteroatoms. The zero-order valence-corrected chi connectivity index (χ0v) is 13.1. The summed E-state index contributed by atoms with van der Waals surface area (Å²) in [5.41, 5.74) is 1.78. The third-order valence-corrected chi connectivity index (χ3v) is 4.35. The van der Waals surface area contributed by atoms with Crippen molar-refractivity contribution in [2.75, 3.05) is 7.05 Å². The van der Waals surface area contributed by atoms with E-state index in [1.54, 1.807) is 0 Å². The van der Waals surface area contributed by atoms with Crippen LogP contribution in [0.5, 0.6) is 0 Å². The molecule has 3 atom stereocenters. The van der Waals surface area contributed by atoms with Crippen molar-refractivity contribution in [3.05, 3.63) is 24.3 Å². The first-order valence-corrected chi connectivity index (χ1v) is 7.11. The second-order valence-corrected chi connectivity index (χ2v) is 5.73. The van der Waals surface area contributed by atoms with Crippen LogP contribution in [0.15, 0.2) is 29.3 Å². The van der Waals surface area contributed by atoms with Crippen LogP contribution in [0.25, 0.3) is 0 Å². The van der Waals surface area contributed by atoms with E-state index in [0.717, 1.165) is 12.1 Å². The van der Waals surface area contributed by atoms with Crippen LogP contribution in [-0.4, -0.2) is 37.0 Å². The van der Waals surface area contributed by atoms with Gasteiger partial charge >= 0.3 is 0 Å². The van der Waals surface area contributed by atoms with Crippen molar-refractivity contribution >= 4 is 19.3 Å². The first kappa shape index (κ1) is 15.9. The fourth-order valence-electron chi connectivity index (χ4n) is 2.24. The molecule has 0 saturated heterocycles. The standard InChI is InChI=1S/C16H26BN2/c1-7-10-16(5,8-2)11-9-14-12(3)13(4)19(6)15(17)18-14/h7,9-13H,8H2,1-6H3/q+1. The number of aliphatic imine (C=N–C) groups is 1. The van der Waals surface area contributed by atoms with E-state index in [4.69, 9.17) is 7.85 Å². The molecule has 2 nitrogen and oxygen atoms in total. The van der Waals surface area contributed by atoms with Crippen molar-refractivity contribution in [3.8, 4) is 0 Å². The van der Waals surface area contributed by atoms with E-state index in [9.17, 15) is 0 Å². The topological polar surface area (TPSA) is 15.4 Å². The van der Waals surface area contributed by atoms with Crippen molar-refractivity contribution in [1.29, 1.82) is 0 Å². The Kier molecular flexibility index (Phi) is 5.33. The van der Waals surface area contributed by atoms with Gasteiger partial charge in [0.1, 0.15) is 6.04 Å². The van der Waals surface area contributed by atoms with Crippen molar-refractivity contribution in [2.45, 2.75) is 47.1 Å². The highest BCUT2D eigenvalue weighted by atomic mass is 15.1. The van der Waals surface area contributed by atoms with E-state index < -0.39 is 0 Å². The van der Waals surface area contributed by atoms with Crippen molar-refractivity contribution in [2.24, 2.45) is 16.3 Å². The molecular formula is C16H26BN2+. The Hall–Kier alpha value is -1.12. The molecule has 1 heterocycles. The van der Waals surface area contributed by atoms with Gasteiger partial charge < -0.3 is 0 Å². The van der Waals surface area contributed by atoms with E-state index in [1.165, 1.54) is 0 Å². The van der Waals surface area contributed by atoms with E-state index in [1.807, 2.05) is 11.6 Å². The van der Waals surface area contributed by atoms with Crippen LogP contribution >= 0.6 is 0 Å². The maximum absolute atomic E-state index is 5.96. The minimum atomic E-state index is 0.0956. The van der Waals surface area contributed by atoms with E-state index in [2.05, 4.69) is 63.9 Å². The van der Waals surface area contributed by atoms with Gasteiger partial charge in [-0.25, -0.2) is 0 Å². The van der Waals surface area contributed by atoms with E-state index in [-0.39, 0.29) is 5.41 Å². The highest BCUT2D eigenvalue weighted by Gasteiger charge is 2.30. The van der Waals surface area contributed by atoms with Gasteiger partial charge in [0.15, 0.2) is 5.71 Å². The summed E-state index contributed by atoms with van der Waals surface area (Å²) >= 11 is 0. The number of rotatable bonds is 4. The Bertz CT molecular complexity index is 446. The molecule has 19 heavy (non-hydrogen) atoms. The molecule has 3 unspecified atom stereocenters. The predicted molar refractivity (Wildman–Crippen MR) is 85.4 cm³/mol. The highest BCUT2D eigenvalue weighted by Crippen LogP contribution is 2.25. The smallest absolute Gasteiger partial charge is 0.244 e. The molecule has 0 N–H and O–H groups in total. The first-order chi connectivity index (χ1) is 8.84. The summed E-state index contributed by atoms with van der Waals surface area (Å²) in [6, 6.07) is 0.381. The minimum Gasteiger partial charge on any atom is -0.273 e. The second-order valence-electron chi connectivity index (χ2n) is 5.73. The maximum Gasteiger partial charge on any atom is 0.244 e. The summed E-state index contributed by atoms with van der Waals surface area (Å²) in [6.07, 6.45) is 9.80. The molecule has 102 valence electrons. The molecule has 0 amide bonds. The molecule has 1 aliphatic rings. The summed E-state index contributed by atoms with van der Waals surface area (Å²) in [5.74, 6) is 0.389. The molecule has 0 saturated carbocycles. The summed E-state index contributed by atoms with van der Waals surface area (Å²) in [5, 5.41) is 0. The zero-order valence-electron chi connectivity index (χ0n) is 13.1. The van der Waals surface area contributed by atoms with Gasteiger partial charge in [-0.05, 0) is 26.3 Å². The second kappa shape index (κ2) is 6.36. The van der Waals surface area contributed by atoms with Gasteiger partial charge in [-0.15, -0.1) is 0 Å². The lowest BCUT2D eigenvalue weighted by Gasteiger charge is -2.23. The number of hydrogen-bond acceptors (Lipinski definition) is 1. The normalized spacial score (nSPS) is 28.0. The van der Waals surface area contributed by atoms with Crippen LogP contribution in [0.2, 0.25) is 0 Å². The van der Waals surface area contributed by atoms with Gasteiger partial charge in [0, 0.05) is 5.41 Å². The van der Waals surface area contributed by atoms with Crippen molar-refractivity contribution in [1.82, 2.24) is 0 Å². The quantitative estimate of drug-likeness (QED) is 0.417. The zero-order chi connectivity index (χ0) is 14.6. The summed E-state index contributed by atoms with van der Waals surface area (Å²) in [7, 11) is 7.96. The van der Waals surface area contributed by atoms with Gasteiger partial charge in [-0.3, -0.25) is 4.58 Å². The Balaban J connectivity index is 3.02. The molecule has 0 aromatic rings. The lowest BCUT2D eigenvalue weighted by atomic mass is 9.85. The summed E-state index contributed by atoms with van der Waals surface area (Å²) < 4.78 is 2.03. The summed E-state index contributed by atoms with van der Waals surface area (Å²) in [4.78, 5) is 4.52. The molecule has 0 aliphatic carbocycles. The lowest BCUT2D eigenvalue weighted by Crippen LogP contribution is -2.39. The van der Waals surface area contributed by atoms with Crippen molar-refractivity contribution in [3.63, 3.8) is 0 Å². The van der Waals surface area contributed by atoms with E-state index >= 15 is 0 Å². The van der Waals surface area contributed by atoms with Gasteiger partial charge in [-0.2, -0.15) is 0 Å². The van der Waals surface area contributed by atoms with Crippen LogP contribution in [0.4, 0.5) is 0 Å². The minimum absolute atomic E-state index is 0.0956. The van der Waals surface area contributed by atoms with Gasteiger partial charge in [0.25, 0.3) is 0 Å². The maximum atomic E-state index is 5.96. The third-order valence-electron chi connectivity index (χ3n) is 4.35. The number of allylic oxidation sites excluding steroid dienone is 4. The Morgan fingerprint density at radius 1 is 1.37 bits per heavy atom. The molecule has 2 radical (unpaired) electrons. The number of amidine groups is 1. The SMILES string of the molecule is [B]C1=[N+](C)C(C)C(C)C(C=CC(C)(C=CC)CC)=N1. The molecule has 1 aliphatic heterocycles. The number of hydrogen-bond donors (Lipinski definition) is 0. The Morgan fingerprint density at radius 3 is 2.53 bits per heavy atom. The fraction of sp³-hybridized carbons (Fsp3) is 0.625. The van der Waals surface area contributed by atoms with Crippen LogP contribution in [-0.2, 0) is 0 Å². The van der Waals surface area contributed by atoms with Crippen LogP contribution in [0.3, 0.4) is 0 Å².